The molecule has 0 aromatic heterocycles. The van der Waals surface area contributed by atoms with Crippen LogP contribution in [0, 0.1) is 5.92 Å². The number of hydrogen-bond acceptors (Lipinski definition) is 3. The Labute approximate surface area is 139 Å². The maximum absolute atomic E-state index is 12.3. The molecular formula is C19H29N3O. The van der Waals surface area contributed by atoms with Crippen LogP contribution in [0.25, 0.3) is 0 Å². The molecule has 0 bridgehead atoms. The zero-order valence-electron chi connectivity index (χ0n) is 14.0. The predicted molar refractivity (Wildman–Crippen MR) is 92.8 cm³/mol. The van der Waals surface area contributed by atoms with Crippen molar-refractivity contribution in [3.05, 3.63) is 35.9 Å². The first-order valence-corrected chi connectivity index (χ1v) is 8.99. The van der Waals surface area contributed by atoms with Gasteiger partial charge in [0.05, 0.1) is 5.54 Å². The highest BCUT2D eigenvalue weighted by Gasteiger charge is 2.37. The Morgan fingerprint density at radius 2 is 1.83 bits per heavy atom. The lowest BCUT2D eigenvalue weighted by atomic mass is 9.94. The quantitative estimate of drug-likeness (QED) is 0.876. The standard InChI is InChI=1S/C19H29N3O/c20-19(10-4-5-11-19)18(23)21-14-16-8-12-22(13-9-16)15-17-6-2-1-3-7-17/h1-3,6-7,16H,4-5,8-15,20H2,(H,21,23). The molecule has 1 heterocycles. The van der Waals surface area contributed by atoms with Crippen LogP contribution in [-0.2, 0) is 11.3 Å². The number of amides is 1. The van der Waals surface area contributed by atoms with Crippen molar-refractivity contribution in [1.29, 1.82) is 0 Å². The molecule has 3 N–H and O–H groups in total. The number of hydrogen-bond donors (Lipinski definition) is 2. The Balaban J connectivity index is 1.38. The molecular weight excluding hydrogens is 286 g/mol. The highest BCUT2D eigenvalue weighted by molar-refractivity contribution is 5.86. The average Bonchev–Trinajstić information content (AvgIpc) is 3.03. The van der Waals surface area contributed by atoms with Crippen LogP contribution in [0.2, 0.25) is 0 Å². The van der Waals surface area contributed by atoms with Crippen molar-refractivity contribution in [2.75, 3.05) is 19.6 Å². The van der Waals surface area contributed by atoms with Gasteiger partial charge in [-0.2, -0.15) is 0 Å². The highest BCUT2D eigenvalue weighted by atomic mass is 16.2. The fourth-order valence-electron chi connectivity index (χ4n) is 3.84. The molecule has 1 aromatic rings. The van der Waals surface area contributed by atoms with Gasteiger partial charge in [-0.15, -0.1) is 0 Å². The molecule has 4 heteroatoms. The van der Waals surface area contributed by atoms with E-state index in [1.807, 2.05) is 0 Å². The van der Waals surface area contributed by atoms with Gasteiger partial charge in [0.1, 0.15) is 0 Å². The zero-order valence-corrected chi connectivity index (χ0v) is 14.0. The van der Waals surface area contributed by atoms with Crippen LogP contribution in [0.3, 0.4) is 0 Å². The molecule has 1 saturated heterocycles. The van der Waals surface area contributed by atoms with Gasteiger partial charge >= 0.3 is 0 Å². The summed E-state index contributed by atoms with van der Waals surface area (Å²) >= 11 is 0. The average molecular weight is 315 g/mol. The van der Waals surface area contributed by atoms with Gasteiger partial charge in [-0.25, -0.2) is 0 Å². The fraction of sp³-hybridized carbons (Fsp3) is 0.632. The van der Waals surface area contributed by atoms with Gasteiger partial charge < -0.3 is 11.1 Å². The molecule has 23 heavy (non-hydrogen) atoms. The van der Waals surface area contributed by atoms with Crippen molar-refractivity contribution >= 4 is 5.91 Å². The minimum atomic E-state index is -0.589. The maximum Gasteiger partial charge on any atom is 0.240 e. The van der Waals surface area contributed by atoms with E-state index >= 15 is 0 Å². The van der Waals surface area contributed by atoms with Crippen molar-refractivity contribution in [2.45, 2.75) is 50.6 Å². The van der Waals surface area contributed by atoms with Crippen molar-refractivity contribution in [2.24, 2.45) is 11.7 Å². The highest BCUT2D eigenvalue weighted by Crippen LogP contribution is 2.27. The minimum absolute atomic E-state index is 0.0710. The summed E-state index contributed by atoms with van der Waals surface area (Å²) in [6.07, 6.45) is 6.17. The summed E-state index contributed by atoms with van der Waals surface area (Å²) in [6.45, 7) is 4.05. The number of rotatable bonds is 5. The van der Waals surface area contributed by atoms with Crippen LogP contribution in [-0.4, -0.2) is 36.0 Å². The number of nitrogens with zero attached hydrogens (tertiary/aromatic N) is 1. The molecule has 1 amide bonds. The van der Waals surface area contributed by atoms with E-state index in [4.69, 9.17) is 5.73 Å². The SMILES string of the molecule is NC1(C(=O)NCC2CCN(Cc3ccccc3)CC2)CCCC1. The Bertz CT molecular complexity index is 503. The van der Waals surface area contributed by atoms with Gasteiger partial charge in [0.2, 0.25) is 5.91 Å². The fourth-order valence-corrected chi connectivity index (χ4v) is 3.84. The molecule has 2 aliphatic rings. The zero-order chi connectivity index (χ0) is 16.1. The van der Waals surface area contributed by atoms with Crippen molar-refractivity contribution in [3.8, 4) is 0 Å². The van der Waals surface area contributed by atoms with Crippen LogP contribution < -0.4 is 11.1 Å². The topological polar surface area (TPSA) is 58.4 Å². The van der Waals surface area contributed by atoms with Gasteiger partial charge in [0.25, 0.3) is 0 Å². The van der Waals surface area contributed by atoms with E-state index in [-0.39, 0.29) is 5.91 Å². The van der Waals surface area contributed by atoms with Crippen molar-refractivity contribution < 1.29 is 4.79 Å². The molecule has 1 aromatic carbocycles. The number of carbonyl (C=O) groups is 1. The molecule has 1 saturated carbocycles. The van der Waals surface area contributed by atoms with E-state index in [0.29, 0.717) is 5.92 Å². The van der Waals surface area contributed by atoms with Crippen LogP contribution >= 0.6 is 0 Å². The lowest BCUT2D eigenvalue weighted by Crippen LogP contribution is -2.53. The molecule has 2 fully saturated rings. The molecule has 0 radical (unpaired) electrons. The number of nitrogens with one attached hydrogen (secondary N) is 1. The molecule has 1 aliphatic carbocycles. The van der Waals surface area contributed by atoms with Crippen LogP contribution in [0.15, 0.2) is 30.3 Å². The van der Waals surface area contributed by atoms with E-state index in [1.54, 1.807) is 0 Å². The van der Waals surface area contributed by atoms with Crippen LogP contribution in [0.5, 0.6) is 0 Å². The molecule has 4 nitrogen and oxygen atoms in total. The summed E-state index contributed by atoms with van der Waals surface area (Å²) in [5, 5.41) is 3.12. The summed E-state index contributed by atoms with van der Waals surface area (Å²) in [4.78, 5) is 14.8. The smallest absolute Gasteiger partial charge is 0.240 e. The Morgan fingerprint density at radius 3 is 2.48 bits per heavy atom. The molecule has 0 unspecified atom stereocenters. The first kappa shape index (κ1) is 16.5. The van der Waals surface area contributed by atoms with E-state index in [9.17, 15) is 4.79 Å². The van der Waals surface area contributed by atoms with Gasteiger partial charge in [0, 0.05) is 13.1 Å². The largest absolute Gasteiger partial charge is 0.354 e. The summed E-state index contributed by atoms with van der Waals surface area (Å²) in [5.74, 6) is 0.665. The molecule has 1 aliphatic heterocycles. The first-order chi connectivity index (χ1) is 11.2. The second-order valence-electron chi connectivity index (χ2n) is 7.28. The van der Waals surface area contributed by atoms with Crippen LogP contribution in [0.1, 0.15) is 44.1 Å². The van der Waals surface area contributed by atoms with Gasteiger partial charge in [0.15, 0.2) is 0 Å². The maximum atomic E-state index is 12.3. The Kier molecular flexibility index (Phi) is 5.34. The second-order valence-corrected chi connectivity index (χ2v) is 7.28. The van der Waals surface area contributed by atoms with E-state index in [1.165, 1.54) is 5.56 Å². The van der Waals surface area contributed by atoms with E-state index in [0.717, 1.165) is 64.7 Å². The third-order valence-corrected chi connectivity index (χ3v) is 5.46. The first-order valence-electron chi connectivity index (χ1n) is 8.99. The molecule has 126 valence electrons. The van der Waals surface area contributed by atoms with Gasteiger partial charge in [-0.05, 0) is 50.3 Å². The normalized spacial score (nSPS) is 22.1. The third kappa shape index (κ3) is 4.33. The molecule has 0 atom stereocenters. The minimum Gasteiger partial charge on any atom is -0.354 e. The third-order valence-electron chi connectivity index (χ3n) is 5.46. The summed E-state index contributed by atoms with van der Waals surface area (Å²) in [7, 11) is 0. The monoisotopic (exact) mass is 315 g/mol. The lowest BCUT2D eigenvalue weighted by Gasteiger charge is -2.32. The number of carbonyl (C=O) groups excluding carboxylic acids is 1. The van der Waals surface area contributed by atoms with Gasteiger partial charge in [-0.1, -0.05) is 43.2 Å². The van der Waals surface area contributed by atoms with Crippen LogP contribution in [0.4, 0.5) is 0 Å². The number of piperidine rings is 1. The van der Waals surface area contributed by atoms with E-state index < -0.39 is 5.54 Å². The molecule has 0 spiro atoms. The summed E-state index contributed by atoms with van der Waals surface area (Å²) < 4.78 is 0. The lowest BCUT2D eigenvalue weighted by molar-refractivity contribution is -0.126. The Morgan fingerprint density at radius 1 is 1.17 bits per heavy atom. The van der Waals surface area contributed by atoms with Crippen molar-refractivity contribution in [1.82, 2.24) is 10.2 Å². The summed E-state index contributed by atoms with van der Waals surface area (Å²) in [5.41, 5.74) is 7.00. The summed E-state index contributed by atoms with van der Waals surface area (Å²) in [6, 6.07) is 10.6. The number of nitrogens with two attached hydrogens (primary N) is 1. The van der Waals surface area contributed by atoms with Gasteiger partial charge in [-0.3, -0.25) is 9.69 Å². The predicted octanol–water partition coefficient (Wildman–Crippen LogP) is 2.29. The van der Waals surface area contributed by atoms with Crippen molar-refractivity contribution in [3.63, 3.8) is 0 Å². The number of likely N-dealkylation sites (tertiary alicyclic amines) is 1. The molecule has 3 rings (SSSR count). The number of benzene rings is 1. The second kappa shape index (κ2) is 7.45. The van der Waals surface area contributed by atoms with E-state index in [2.05, 4.69) is 40.5 Å². The Hall–Kier alpha value is -1.39.